The molecule has 0 amide bonds. The van der Waals surface area contributed by atoms with Gasteiger partial charge in [-0.25, -0.2) is 4.79 Å². The molecule has 6 nitrogen and oxygen atoms in total. The lowest BCUT2D eigenvalue weighted by molar-refractivity contribution is -0.182. The van der Waals surface area contributed by atoms with Gasteiger partial charge in [0.25, 0.3) is 0 Å². The summed E-state index contributed by atoms with van der Waals surface area (Å²) in [4.78, 5) is 25.4. The van der Waals surface area contributed by atoms with Crippen molar-refractivity contribution >= 4 is 11.9 Å². The van der Waals surface area contributed by atoms with Gasteiger partial charge in [0.05, 0.1) is 12.2 Å². The van der Waals surface area contributed by atoms with Crippen molar-refractivity contribution < 1.29 is 29.6 Å². The van der Waals surface area contributed by atoms with Gasteiger partial charge in [-0.15, -0.1) is 0 Å². The van der Waals surface area contributed by atoms with Gasteiger partial charge in [0.15, 0.2) is 0 Å². The summed E-state index contributed by atoms with van der Waals surface area (Å²) < 4.78 is 5.80. The van der Waals surface area contributed by atoms with Crippen LogP contribution >= 0.6 is 0 Å². The second-order valence-corrected chi connectivity index (χ2v) is 7.16. The fourth-order valence-corrected chi connectivity index (χ4v) is 2.71. The zero-order chi connectivity index (χ0) is 19.4. The van der Waals surface area contributed by atoms with Crippen LogP contribution in [0.2, 0.25) is 0 Å². The average Bonchev–Trinajstić information content (AvgIpc) is 2.62. The first-order valence-electron chi connectivity index (χ1n) is 9.12. The van der Waals surface area contributed by atoms with Gasteiger partial charge in [-0.2, -0.15) is 5.26 Å². The lowest BCUT2D eigenvalue weighted by atomic mass is 9.85. The van der Waals surface area contributed by atoms with Crippen molar-refractivity contribution in [3.05, 3.63) is 35.4 Å². The SMILES string of the molecule is CC(C)(COCCCCCCCCC(=O)O)c1ccc(C(=O)OO)cc1. The molecule has 1 aromatic carbocycles. The first-order chi connectivity index (χ1) is 12.4. The van der Waals surface area contributed by atoms with E-state index in [2.05, 4.69) is 18.7 Å². The highest BCUT2D eigenvalue weighted by molar-refractivity contribution is 5.88. The zero-order valence-electron chi connectivity index (χ0n) is 15.7. The highest BCUT2D eigenvalue weighted by Gasteiger charge is 2.21. The molecule has 0 fully saturated rings. The number of carbonyl (C=O) groups is 2. The molecule has 0 aliphatic heterocycles. The monoisotopic (exact) mass is 366 g/mol. The number of aliphatic carboxylic acids is 1. The van der Waals surface area contributed by atoms with Gasteiger partial charge >= 0.3 is 11.9 Å². The van der Waals surface area contributed by atoms with E-state index in [-0.39, 0.29) is 11.8 Å². The van der Waals surface area contributed by atoms with Crippen LogP contribution in [0.25, 0.3) is 0 Å². The van der Waals surface area contributed by atoms with Crippen molar-refractivity contribution in [1.82, 2.24) is 0 Å². The summed E-state index contributed by atoms with van der Waals surface area (Å²) in [5.74, 6) is -1.49. The minimum absolute atomic E-state index is 0.182. The molecule has 26 heavy (non-hydrogen) atoms. The molecule has 0 aliphatic carbocycles. The number of rotatable bonds is 13. The summed E-state index contributed by atoms with van der Waals surface area (Å²) in [6, 6.07) is 6.93. The summed E-state index contributed by atoms with van der Waals surface area (Å²) in [5.41, 5.74) is 1.17. The molecule has 0 bridgehead atoms. The van der Waals surface area contributed by atoms with Gasteiger partial charge in [0.2, 0.25) is 0 Å². The number of carboxylic acid groups (broad SMARTS) is 1. The molecule has 0 saturated carbocycles. The number of ether oxygens (including phenoxy) is 1. The van der Waals surface area contributed by atoms with E-state index in [1.807, 2.05) is 12.1 Å². The molecular weight excluding hydrogens is 336 g/mol. The third-order valence-electron chi connectivity index (χ3n) is 4.38. The number of carboxylic acids is 1. The van der Waals surface area contributed by atoms with Gasteiger partial charge in [0, 0.05) is 18.4 Å². The molecule has 146 valence electrons. The van der Waals surface area contributed by atoms with Gasteiger partial charge in [-0.3, -0.25) is 9.68 Å². The van der Waals surface area contributed by atoms with Crippen molar-refractivity contribution in [3.8, 4) is 0 Å². The predicted molar refractivity (Wildman–Crippen MR) is 98.3 cm³/mol. The minimum atomic E-state index is -0.770. The number of carbonyl (C=O) groups excluding carboxylic acids is 1. The first kappa shape index (κ1) is 22.1. The van der Waals surface area contributed by atoms with Crippen LogP contribution in [0.4, 0.5) is 0 Å². The van der Waals surface area contributed by atoms with Gasteiger partial charge in [-0.05, 0) is 30.5 Å². The Labute approximate surface area is 155 Å². The lowest BCUT2D eigenvalue weighted by Gasteiger charge is -2.25. The van der Waals surface area contributed by atoms with E-state index >= 15 is 0 Å². The number of hydrogen-bond donors (Lipinski definition) is 2. The number of hydrogen-bond acceptors (Lipinski definition) is 5. The Bertz CT molecular complexity index is 550. The molecule has 0 aromatic heterocycles. The fourth-order valence-electron chi connectivity index (χ4n) is 2.71. The quantitative estimate of drug-likeness (QED) is 0.305. The molecule has 0 aliphatic rings. The van der Waals surface area contributed by atoms with Crippen molar-refractivity contribution in [1.29, 1.82) is 0 Å². The second-order valence-electron chi connectivity index (χ2n) is 7.16. The van der Waals surface area contributed by atoms with Crippen LogP contribution in [0.1, 0.15) is 74.7 Å². The largest absolute Gasteiger partial charge is 0.481 e. The van der Waals surface area contributed by atoms with Crippen LogP contribution in [0.15, 0.2) is 24.3 Å². The van der Waals surface area contributed by atoms with E-state index in [1.54, 1.807) is 12.1 Å². The van der Waals surface area contributed by atoms with Gasteiger partial charge in [0.1, 0.15) is 0 Å². The molecule has 2 N–H and O–H groups in total. The van der Waals surface area contributed by atoms with Gasteiger partial charge < -0.3 is 9.84 Å². The molecule has 6 heteroatoms. The third kappa shape index (κ3) is 8.45. The molecule has 0 radical (unpaired) electrons. The maximum atomic E-state index is 11.2. The lowest BCUT2D eigenvalue weighted by Crippen LogP contribution is -2.24. The van der Waals surface area contributed by atoms with Crippen LogP contribution in [-0.2, 0) is 19.8 Å². The maximum absolute atomic E-state index is 11.2. The van der Waals surface area contributed by atoms with E-state index in [1.165, 1.54) is 0 Å². The van der Waals surface area contributed by atoms with Gasteiger partial charge in [-0.1, -0.05) is 51.7 Å². The molecule has 0 unspecified atom stereocenters. The topological polar surface area (TPSA) is 93.1 Å². The summed E-state index contributed by atoms with van der Waals surface area (Å²) in [6.07, 6.45) is 6.26. The Morgan fingerprint density at radius 1 is 0.962 bits per heavy atom. The van der Waals surface area contributed by atoms with Crippen LogP contribution in [0, 0.1) is 0 Å². The third-order valence-corrected chi connectivity index (χ3v) is 4.38. The molecule has 0 spiro atoms. The zero-order valence-corrected chi connectivity index (χ0v) is 15.7. The van der Waals surface area contributed by atoms with Crippen LogP contribution in [-0.4, -0.2) is 35.5 Å². The summed E-state index contributed by atoms with van der Waals surface area (Å²) in [7, 11) is 0. The Morgan fingerprint density at radius 2 is 1.54 bits per heavy atom. The molecule has 0 atom stereocenters. The van der Waals surface area contributed by atoms with Crippen molar-refractivity contribution in [2.75, 3.05) is 13.2 Å². The number of benzene rings is 1. The van der Waals surface area contributed by atoms with E-state index < -0.39 is 11.9 Å². The second kappa shape index (κ2) is 11.6. The smallest absolute Gasteiger partial charge is 0.372 e. The fraction of sp³-hybridized carbons (Fsp3) is 0.600. The van der Waals surface area contributed by atoms with E-state index in [0.29, 0.717) is 18.8 Å². The Morgan fingerprint density at radius 3 is 2.12 bits per heavy atom. The molecule has 0 saturated heterocycles. The highest BCUT2D eigenvalue weighted by Crippen LogP contribution is 2.24. The molecular formula is C20H30O6. The van der Waals surface area contributed by atoms with Crippen molar-refractivity contribution in [3.63, 3.8) is 0 Å². The summed E-state index contributed by atoms with van der Waals surface area (Å²) >= 11 is 0. The van der Waals surface area contributed by atoms with Crippen LogP contribution < -0.4 is 0 Å². The van der Waals surface area contributed by atoms with E-state index in [4.69, 9.17) is 15.1 Å². The van der Waals surface area contributed by atoms with E-state index in [0.717, 1.165) is 44.1 Å². The standard InChI is InChI=1S/C20H30O6/c1-20(2,17-12-10-16(11-13-17)19(23)26-24)15-25-14-8-6-4-3-5-7-9-18(21)22/h10-13,24H,3-9,14-15H2,1-2H3,(H,21,22). The van der Waals surface area contributed by atoms with Crippen LogP contribution in [0.3, 0.4) is 0 Å². The summed E-state index contributed by atoms with van der Waals surface area (Å²) in [6.45, 7) is 5.44. The molecule has 1 aromatic rings. The van der Waals surface area contributed by atoms with Crippen molar-refractivity contribution in [2.45, 2.75) is 64.2 Å². The Balaban J connectivity index is 2.19. The number of unbranched alkanes of at least 4 members (excludes halogenated alkanes) is 5. The van der Waals surface area contributed by atoms with Crippen LogP contribution in [0.5, 0.6) is 0 Å². The molecule has 0 heterocycles. The predicted octanol–water partition coefficient (Wildman–Crippen LogP) is 4.43. The first-order valence-corrected chi connectivity index (χ1v) is 9.12. The normalized spacial score (nSPS) is 11.3. The highest BCUT2D eigenvalue weighted by atomic mass is 17.1. The Hall–Kier alpha value is -1.92. The Kier molecular flexibility index (Phi) is 9.91. The maximum Gasteiger partial charge on any atom is 0.372 e. The summed E-state index contributed by atoms with van der Waals surface area (Å²) in [5, 5.41) is 17.0. The minimum Gasteiger partial charge on any atom is -0.481 e. The van der Waals surface area contributed by atoms with E-state index in [9.17, 15) is 9.59 Å². The van der Waals surface area contributed by atoms with Crippen molar-refractivity contribution in [2.24, 2.45) is 0 Å². The molecule has 1 rings (SSSR count). The average molecular weight is 366 g/mol.